The van der Waals surface area contributed by atoms with Gasteiger partial charge in [-0.2, -0.15) is 0 Å². The molecule has 29 heavy (non-hydrogen) atoms. The molecule has 0 amide bonds. The molecule has 0 saturated carbocycles. The van der Waals surface area contributed by atoms with E-state index in [1.54, 1.807) is 13.1 Å². The highest BCUT2D eigenvalue weighted by Crippen LogP contribution is 2.23. The molecule has 156 valence electrons. The summed E-state index contributed by atoms with van der Waals surface area (Å²) in [6.07, 6.45) is 3.81. The number of carbonyl (C=O) groups excluding carboxylic acids is 1. The number of aromatic nitrogens is 2. The highest BCUT2D eigenvalue weighted by Gasteiger charge is 2.23. The van der Waals surface area contributed by atoms with Gasteiger partial charge in [-0.25, -0.2) is 19.1 Å². The number of ether oxygens (including phenoxy) is 1. The molecule has 6 nitrogen and oxygen atoms in total. The first-order valence-corrected chi connectivity index (χ1v) is 9.91. The van der Waals surface area contributed by atoms with Crippen LogP contribution in [0.25, 0.3) is 5.57 Å². The summed E-state index contributed by atoms with van der Waals surface area (Å²) in [5.41, 5.74) is 1.55. The Kier molecular flexibility index (Phi) is 7.37. The molecular weight excluding hydrogens is 368 g/mol. The first-order chi connectivity index (χ1) is 13.6. The van der Waals surface area contributed by atoms with E-state index < -0.39 is 17.7 Å². The molecule has 0 aliphatic rings. The Balaban J connectivity index is 2.45. The second-order valence-electron chi connectivity index (χ2n) is 8.07. The topological polar surface area (TPSA) is 81.4 Å². The van der Waals surface area contributed by atoms with E-state index in [1.807, 2.05) is 51.1 Å². The summed E-state index contributed by atoms with van der Waals surface area (Å²) >= 11 is 0. The second kappa shape index (κ2) is 9.54. The normalized spacial score (nSPS) is 12.4. The van der Waals surface area contributed by atoms with Gasteiger partial charge in [0.15, 0.2) is 0 Å². The molecule has 0 aliphatic carbocycles. The molecule has 1 aromatic carbocycles. The van der Waals surface area contributed by atoms with Crippen molar-refractivity contribution in [3.05, 3.63) is 59.2 Å². The Morgan fingerprint density at radius 2 is 1.83 bits per heavy atom. The van der Waals surface area contributed by atoms with Crippen molar-refractivity contribution in [3.63, 3.8) is 0 Å². The summed E-state index contributed by atoms with van der Waals surface area (Å²) in [6.45, 7) is 9.22. The lowest BCUT2D eigenvalue weighted by atomic mass is 9.99. The molecule has 1 heterocycles. The van der Waals surface area contributed by atoms with Crippen LogP contribution in [0.1, 0.15) is 64.5 Å². The number of unbranched alkanes of at least 4 members (excludes halogenated alkanes) is 1. The van der Waals surface area contributed by atoms with Gasteiger partial charge in [0.25, 0.3) is 0 Å². The monoisotopic (exact) mass is 398 g/mol. The Bertz CT molecular complexity index is 889. The highest BCUT2D eigenvalue weighted by molar-refractivity contribution is 5.96. The summed E-state index contributed by atoms with van der Waals surface area (Å²) < 4.78 is 6.90. The van der Waals surface area contributed by atoms with Gasteiger partial charge in [-0.1, -0.05) is 43.7 Å². The maximum atomic E-state index is 12.6. The minimum atomic E-state index is -0.992. The first kappa shape index (κ1) is 22.4. The van der Waals surface area contributed by atoms with Crippen LogP contribution >= 0.6 is 0 Å². The molecular formula is C23H30N2O4. The number of benzene rings is 1. The lowest BCUT2D eigenvalue weighted by Gasteiger charge is -2.20. The lowest BCUT2D eigenvalue weighted by Crippen LogP contribution is -2.27. The van der Waals surface area contributed by atoms with Crippen LogP contribution in [-0.4, -0.2) is 32.3 Å². The second-order valence-corrected chi connectivity index (χ2v) is 8.07. The molecule has 0 radical (unpaired) electrons. The van der Waals surface area contributed by atoms with E-state index in [-0.39, 0.29) is 12.0 Å². The molecule has 1 aromatic heterocycles. The Morgan fingerprint density at radius 3 is 2.38 bits per heavy atom. The van der Waals surface area contributed by atoms with Gasteiger partial charge in [-0.15, -0.1) is 0 Å². The Labute approximate surface area is 172 Å². The molecule has 0 unspecified atom stereocenters. The van der Waals surface area contributed by atoms with E-state index >= 15 is 0 Å². The molecule has 1 N–H and O–H groups in total. The number of imidazole rings is 1. The molecule has 0 atom stereocenters. The van der Waals surface area contributed by atoms with Crippen LogP contribution in [0.5, 0.6) is 0 Å². The number of aryl methyl sites for hydroxylation is 1. The summed E-state index contributed by atoms with van der Waals surface area (Å²) in [4.78, 5) is 29.1. The minimum Gasteiger partial charge on any atom is -0.478 e. The summed E-state index contributed by atoms with van der Waals surface area (Å²) in [7, 11) is 0. The van der Waals surface area contributed by atoms with E-state index in [1.165, 1.54) is 4.57 Å². The third-order valence-corrected chi connectivity index (χ3v) is 4.44. The van der Waals surface area contributed by atoms with Gasteiger partial charge in [-0.05, 0) is 45.3 Å². The van der Waals surface area contributed by atoms with Gasteiger partial charge in [-0.3, -0.25) is 0 Å². The predicted molar refractivity (Wildman–Crippen MR) is 113 cm³/mol. The van der Waals surface area contributed by atoms with Crippen molar-refractivity contribution in [1.29, 1.82) is 0 Å². The van der Waals surface area contributed by atoms with E-state index in [2.05, 4.69) is 11.9 Å². The molecule has 0 aliphatic heterocycles. The fourth-order valence-electron chi connectivity index (χ4n) is 2.90. The standard InChI is InChI=1S/C23H30N2O4/c1-6-7-13-20-24-19(15-25(20)22(28)29-23(3,4)5)16(2)18(21(26)27)14-17-11-9-8-10-12-17/h8-12,15H,6-7,13-14H2,1-5H3,(H,26,27)/b18-16-. The third kappa shape index (κ3) is 6.31. The molecule has 0 fully saturated rings. The Hall–Kier alpha value is -2.89. The van der Waals surface area contributed by atoms with Crippen molar-refractivity contribution in [2.45, 2.75) is 65.9 Å². The van der Waals surface area contributed by atoms with Gasteiger partial charge >= 0.3 is 12.1 Å². The molecule has 2 aromatic rings. The van der Waals surface area contributed by atoms with E-state index in [9.17, 15) is 14.7 Å². The van der Waals surface area contributed by atoms with Crippen LogP contribution in [0.2, 0.25) is 0 Å². The van der Waals surface area contributed by atoms with Gasteiger partial charge in [0.1, 0.15) is 11.4 Å². The first-order valence-electron chi connectivity index (χ1n) is 9.91. The van der Waals surface area contributed by atoms with Gasteiger partial charge in [0.05, 0.1) is 5.69 Å². The number of rotatable bonds is 7. The maximum absolute atomic E-state index is 12.6. The number of allylic oxidation sites excluding steroid dienone is 1. The SMILES string of the molecule is CCCCc1nc(/C(C)=C(/Cc2ccccc2)C(=O)O)cn1C(=O)OC(C)(C)C. The number of hydrogen-bond acceptors (Lipinski definition) is 4. The van der Waals surface area contributed by atoms with Crippen molar-refractivity contribution in [3.8, 4) is 0 Å². The zero-order chi connectivity index (χ0) is 21.6. The van der Waals surface area contributed by atoms with Crippen LogP contribution in [0.4, 0.5) is 4.79 Å². The number of carboxylic acids is 1. The molecule has 0 saturated heterocycles. The van der Waals surface area contributed by atoms with Gasteiger partial charge in [0, 0.05) is 24.6 Å². The van der Waals surface area contributed by atoms with Crippen molar-refractivity contribution >= 4 is 17.6 Å². The molecule has 0 bridgehead atoms. The predicted octanol–water partition coefficient (Wildman–Crippen LogP) is 5.11. The number of nitrogens with zero attached hydrogens (tertiary/aromatic N) is 2. The average molecular weight is 399 g/mol. The molecule has 0 spiro atoms. The lowest BCUT2D eigenvalue weighted by molar-refractivity contribution is -0.132. The van der Waals surface area contributed by atoms with Crippen LogP contribution in [0.15, 0.2) is 42.1 Å². The molecule has 2 rings (SSSR count). The smallest absolute Gasteiger partial charge is 0.420 e. The number of carbonyl (C=O) groups is 2. The third-order valence-electron chi connectivity index (χ3n) is 4.44. The fourth-order valence-corrected chi connectivity index (χ4v) is 2.90. The van der Waals surface area contributed by atoms with Crippen LogP contribution in [0, 0.1) is 0 Å². The van der Waals surface area contributed by atoms with Crippen LogP contribution in [0.3, 0.4) is 0 Å². The van der Waals surface area contributed by atoms with Crippen molar-refractivity contribution in [2.75, 3.05) is 0 Å². The summed E-state index contributed by atoms with van der Waals surface area (Å²) in [5.74, 6) is -0.409. The van der Waals surface area contributed by atoms with E-state index in [0.717, 1.165) is 18.4 Å². The number of aliphatic carboxylic acids is 1. The van der Waals surface area contributed by atoms with Crippen molar-refractivity contribution in [2.24, 2.45) is 0 Å². The zero-order valence-electron chi connectivity index (χ0n) is 17.9. The Morgan fingerprint density at radius 1 is 1.17 bits per heavy atom. The quantitative estimate of drug-likeness (QED) is 0.656. The largest absolute Gasteiger partial charge is 0.478 e. The van der Waals surface area contributed by atoms with Crippen LogP contribution < -0.4 is 0 Å². The van der Waals surface area contributed by atoms with Gasteiger partial charge < -0.3 is 9.84 Å². The maximum Gasteiger partial charge on any atom is 0.420 e. The number of carboxylic acid groups (broad SMARTS) is 1. The van der Waals surface area contributed by atoms with E-state index in [4.69, 9.17) is 4.74 Å². The average Bonchev–Trinajstić information content (AvgIpc) is 3.07. The number of hydrogen-bond donors (Lipinski definition) is 1. The van der Waals surface area contributed by atoms with E-state index in [0.29, 0.717) is 23.5 Å². The zero-order valence-corrected chi connectivity index (χ0v) is 17.9. The van der Waals surface area contributed by atoms with Gasteiger partial charge in [0.2, 0.25) is 0 Å². The minimum absolute atomic E-state index is 0.257. The van der Waals surface area contributed by atoms with Crippen molar-refractivity contribution in [1.82, 2.24) is 9.55 Å². The summed E-state index contributed by atoms with van der Waals surface area (Å²) in [6, 6.07) is 9.43. The molecule has 6 heteroatoms. The van der Waals surface area contributed by atoms with Crippen molar-refractivity contribution < 1.29 is 19.4 Å². The van der Waals surface area contributed by atoms with Crippen LogP contribution in [-0.2, 0) is 22.4 Å². The summed E-state index contributed by atoms with van der Waals surface area (Å²) in [5, 5.41) is 9.76. The fraction of sp³-hybridized carbons (Fsp3) is 0.435. The highest BCUT2D eigenvalue weighted by atomic mass is 16.6.